The quantitative estimate of drug-likeness (QED) is 0.329. The lowest BCUT2D eigenvalue weighted by atomic mass is 9.80. The lowest BCUT2D eigenvalue weighted by Crippen LogP contribution is -2.72. The number of hydrogen-bond donors (Lipinski definition) is 5. The Kier molecular flexibility index (Phi) is 7.95. The van der Waals surface area contributed by atoms with Gasteiger partial charge in [0.1, 0.15) is 18.3 Å². The molecule has 9 atom stereocenters. The highest BCUT2D eigenvalue weighted by atomic mass is 16.7. The van der Waals surface area contributed by atoms with Crippen molar-refractivity contribution in [1.29, 1.82) is 0 Å². The standard InChI is InChI=1S/C17H34N4O6/c1-8(19)9-5-4-6-11(26-9)27-16-12(20)14(23)17(25-3)13(15(16)24)21(2)10(22)7-18/h8-9,11-17,23-24H,4-7,18-20H2,1-3H3/t8-,9?,11-,12-,13-,14-,15+,16+,17+/m0/s1. The molecular formula is C17H34N4O6. The Balaban J connectivity index is 2.18. The van der Waals surface area contributed by atoms with Crippen LogP contribution in [0.15, 0.2) is 0 Å². The third kappa shape index (κ3) is 4.77. The fourth-order valence-electron chi connectivity index (χ4n) is 3.92. The molecule has 1 saturated heterocycles. The number of hydrogen-bond acceptors (Lipinski definition) is 9. The zero-order valence-electron chi connectivity index (χ0n) is 16.2. The lowest BCUT2D eigenvalue weighted by Gasteiger charge is -2.49. The van der Waals surface area contributed by atoms with Gasteiger partial charge in [-0.05, 0) is 26.2 Å². The molecule has 27 heavy (non-hydrogen) atoms. The van der Waals surface area contributed by atoms with Crippen LogP contribution in [0.5, 0.6) is 0 Å². The normalized spacial score (nSPS) is 41.2. The number of ether oxygens (including phenoxy) is 3. The second kappa shape index (κ2) is 9.57. The molecule has 10 heteroatoms. The molecule has 0 aromatic rings. The number of carbonyl (C=O) groups excluding carboxylic acids is 1. The molecule has 1 aliphatic heterocycles. The van der Waals surface area contributed by atoms with Crippen LogP contribution in [0.2, 0.25) is 0 Å². The van der Waals surface area contributed by atoms with Gasteiger partial charge in [0, 0.05) is 20.2 Å². The smallest absolute Gasteiger partial charge is 0.236 e. The molecule has 2 rings (SSSR count). The number of likely N-dealkylation sites (N-methyl/N-ethyl adjacent to an activating group) is 1. The van der Waals surface area contributed by atoms with Gasteiger partial charge in [0.05, 0.1) is 30.8 Å². The van der Waals surface area contributed by atoms with E-state index in [0.29, 0.717) is 6.42 Å². The first-order chi connectivity index (χ1) is 12.7. The molecule has 2 fully saturated rings. The molecule has 0 bridgehead atoms. The number of nitrogens with zero attached hydrogens (tertiary/aromatic N) is 1. The van der Waals surface area contributed by atoms with E-state index in [0.717, 1.165) is 12.8 Å². The fraction of sp³-hybridized carbons (Fsp3) is 0.941. The predicted octanol–water partition coefficient (Wildman–Crippen LogP) is -2.52. The first-order valence-electron chi connectivity index (χ1n) is 9.39. The molecule has 1 heterocycles. The van der Waals surface area contributed by atoms with E-state index < -0.39 is 48.7 Å². The highest BCUT2D eigenvalue weighted by Gasteiger charge is 2.52. The number of nitrogens with two attached hydrogens (primary N) is 3. The van der Waals surface area contributed by atoms with Crippen molar-refractivity contribution in [3.05, 3.63) is 0 Å². The minimum absolute atomic E-state index is 0.144. The highest BCUT2D eigenvalue weighted by molar-refractivity contribution is 5.78. The Morgan fingerprint density at radius 3 is 2.52 bits per heavy atom. The van der Waals surface area contributed by atoms with Crippen LogP contribution in [0.1, 0.15) is 26.2 Å². The molecule has 8 N–H and O–H groups in total. The summed E-state index contributed by atoms with van der Waals surface area (Å²) in [5.41, 5.74) is 17.5. The van der Waals surface area contributed by atoms with Crippen molar-refractivity contribution < 1.29 is 29.2 Å². The summed E-state index contributed by atoms with van der Waals surface area (Å²) in [6.07, 6.45) is -2.56. The van der Waals surface area contributed by atoms with E-state index >= 15 is 0 Å². The summed E-state index contributed by atoms with van der Waals surface area (Å²) in [6.45, 7) is 1.64. The Bertz CT molecular complexity index is 496. The summed E-state index contributed by atoms with van der Waals surface area (Å²) in [5, 5.41) is 21.5. The van der Waals surface area contributed by atoms with Gasteiger partial charge in [0.25, 0.3) is 0 Å². The Morgan fingerprint density at radius 2 is 1.96 bits per heavy atom. The molecule has 1 unspecified atom stereocenters. The monoisotopic (exact) mass is 390 g/mol. The first-order valence-corrected chi connectivity index (χ1v) is 9.39. The molecular weight excluding hydrogens is 356 g/mol. The van der Waals surface area contributed by atoms with Crippen LogP contribution in [0.3, 0.4) is 0 Å². The summed E-state index contributed by atoms with van der Waals surface area (Å²) in [4.78, 5) is 13.3. The number of carbonyl (C=O) groups is 1. The topological polar surface area (TPSA) is 167 Å². The maximum absolute atomic E-state index is 12.1. The van der Waals surface area contributed by atoms with Crippen LogP contribution in [0.4, 0.5) is 0 Å². The van der Waals surface area contributed by atoms with Gasteiger partial charge in [0.15, 0.2) is 6.29 Å². The summed E-state index contributed by atoms with van der Waals surface area (Å²) >= 11 is 0. The van der Waals surface area contributed by atoms with Gasteiger partial charge in [0.2, 0.25) is 5.91 Å². The van der Waals surface area contributed by atoms with Crippen molar-refractivity contribution >= 4 is 5.91 Å². The number of amides is 1. The van der Waals surface area contributed by atoms with Crippen LogP contribution in [0, 0.1) is 0 Å². The van der Waals surface area contributed by atoms with E-state index in [-0.39, 0.29) is 18.7 Å². The second-order valence-electron chi connectivity index (χ2n) is 7.45. The molecule has 2 aliphatic rings. The first kappa shape index (κ1) is 22.4. The highest BCUT2D eigenvalue weighted by Crippen LogP contribution is 2.31. The molecule has 158 valence electrons. The number of aliphatic hydroxyl groups excluding tert-OH is 2. The van der Waals surface area contributed by atoms with Crippen LogP contribution in [0.25, 0.3) is 0 Å². The van der Waals surface area contributed by atoms with Crippen molar-refractivity contribution in [2.75, 3.05) is 20.7 Å². The van der Waals surface area contributed by atoms with E-state index in [4.69, 9.17) is 31.4 Å². The van der Waals surface area contributed by atoms with Gasteiger partial charge >= 0.3 is 0 Å². The van der Waals surface area contributed by atoms with E-state index in [2.05, 4.69) is 0 Å². The van der Waals surface area contributed by atoms with Crippen molar-refractivity contribution in [2.24, 2.45) is 17.2 Å². The molecule has 1 saturated carbocycles. The maximum Gasteiger partial charge on any atom is 0.236 e. The predicted molar refractivity (Wildman–Crippen MR) is 97.4 cm³/mol. The van der Waals surface area contributed by atoms with Gasteiger partial charge in [-0.25, -0.2) is 0 Å². The average Bonchev–Trinajstić information content (AvgIpc) is 2.66. The van der Waals surface area contributed by atoms with Crippen molar-refractivity contribution in [1.82, 2.24) is 4.90 Å². The Hall–Kier alpha value is -0.850. The molecule has 0 radical (unpaired) electrons. The Morgan fingerprint density at radius 1 is 1.30 bits per heavy atom. The molecule has 0 aromatic carbocycles. The molecule has 0 aromatic heterocycles. The van der Waals surface area contributed by atoms with Gasteiger partial charge in [-0.3, -0.25) is 4.79 Å². The van der Waals surface area contributed by atoms with Crippen molar-refractivity contribution in [2.45, 2.75) is 81.1 Å². The van der Waals surface area contributed by atoms with Gasteiger partial charge in [-0.15, -0.1) is 0 Å². The third-order valence-corrected chi connectivity index (χ3v) is 5.57. The summed E-state index contributed by atoms with van der Waals surface area (Å²) in [6, 6.07) is -1.92. The zero-order valence-corrected chi connectivity index (χ0v) is 16.2. The summed E-state index contributed by atoms with van der Waals surface area (Å²) in [7, 11) is 2.89. The van der Waals surface area contributed by atoms with Gasteiger partial charge < -0.3 is 46.5 Å². The van der Waals surface area contributed by atoms with Crippen LogP contribution < -0.4 is 17.2 Å². The van der Waals surface area contributed by atoms with Crippen LogP contribution in [-0.2, 0) is 19.0 Å². The fourth-order valence-corrected chi connectivity index (χ4v) is 3.92. The largest absolute Gasteiger partial charge is 0.389 e. The number of rotatable bonds is 6. The Labute approximate surface area is 159 Å². The van der Waals surface area contributed by atoms with Crippen LogP contribution >= 0.6 is 0 Å². The average molecular weight is 390 g/mol. The van der Waals surface area contributed by atoms with E-state index in [9.17, 15) is 15.0 Å². The van der Waals surface area contributed by atoms with E-state index in [1.807, 2.05) is 6.92 Å². The maximum atomic E-state index is 12.1. The van der Waals surface area contributed by atoms with Crippen molar-refractivity contribution in [3.8, 4) is 0 Å². The number of aliphatic hydroxyl groups is 2. The third-order valence-electron chi connectivity index (χ3n) is 5.57. The molecule has 0 spiro atoms. The SMILES string of the molecule is CO[C@H]1[C@@H](O)[C@H](N)[C@@H](O[C@H]2CCCC([C@H](C)N)O2)[C@H](O)[C@@H]1N(C)C(=O)CN. The minimum atomic E-state index is -1.19. The summed E-state index contributed by atoms with van der Waals surface area (Å²) in [5.74, 6) is -0.395. The summed E-state index contributed by atoms with van der Waals surface area (Å²) < 4.78 is 17.2. The molecule has 1 amide bonds. The number of methoxy groups -OCH3 is 1. The molecule has 10 nitrogen and oxygen atoms in total. The lowest BCUT2D eigenvalue weighted by molar-refractivity contribution is -0.262. The van der Waals surface area contributed by atoms with E-state index in [1.54, 1.807) is 0 Å². The van der Waals surface area contributed by atoms with Crippen molar-refractivity contribution in [3.63, 3.8) is 0 Å². The molecule has 1 aliphatic carbocycles. The minimum Gasteiger partial charge on any atom is -0.389 e. The van der Waals surface area contributed by atoms with Gasteiger partial charge in [-0.1, -0.05) is 0 Å². The van der Waals surface area contributed by atoms with Gasteiger partial charge in [-0.2, -0.15) is 0 Å². The second-order valence-corrected chi connectivity index (χ2v) is 7.45. The van der Waals surface area contributed by atoms with Crippen LogP contribution in [-0.4, -0.2) is 96.7 Å². The zero-order chi connectivity index (χ0) is 20.3. The van der Waals surface area contributed by atoms with E-state index in [1.165, 1.54) is 19.1 Å².